The lowest BCUT2D eigenvalue weighted by Crippen LogP contribution is -2.21. The minimum atomic E-state index is -0.0549. The molecule has 0 fully saturated rings. The fourth-order valence-corrected chi connectivity index (χ4v) is 3.28. The monoisotopic (exact) mass is 341 g/mol. The van der Waals surface area contributed by atoms with Gasteiger partial charge in [0.1, 0.15) is 0 Å². The molecule has 5 heteroatoms. The summed E-state index contributed by atoms with van der Waals surface area (Å²) >= 11 is 0. The molecule has 0 amide bonds. The average Bonchev–Trinajstić information content (AvgIpc) is 3.00. The topological polar surface area (TPSA) is 81.7 Å². The predicted molar refractivity (Wildman–Crippen MR) is 108 cm³/mol. The number of benzene rings is 3. The number of para-hydroxylation sites is 1. The third kappa shape index (κ3) is 3.02. The third-order valence-electron chi connectivity index (χ3n) is 4.41. The molecule has 26 heavy (non-hydrogen) atoms. The van der Waals surface area contributed by atoms with Gasteiger partial charge in [-0.05, 0) is 22.4 Å². The fraction of sp³-hybridized carbons (Fsp3) is 0.0476. The third-order valence-corrected chi connectivity index (χ3v) is 4.41. The molecule has 4 rings (SSSR count). The van der Waals surface area contributed by atoms with Gasteiger partial charge in [0.15, 0.2) is 0 Å². The molecule has 0 atom stereocenters. The zero-order chi connectivity index (χ0) is 17.9. The van der Waals surface area contributed by atoms with E-state index >= 15 is 0 Å². The Bertz CT molecular complexity index is 1130. The van der Waals surface area contributed by atoms with Crippen LogP contribution >= 0.6 is 0 Å². The Kier molecular flexibility index (Phi) is 4.11. The van der Waals surface area contributed by atoms with E-state index in [1.807, 2.05) is 12.1 Å². The van der Waals surface area contributed by atoms with E-state index < -0.39 is 0 Å². The molecule has 4 aromatic rings. The van der Waals surface area contributed by atoms with Crippen LogP contribution in [0.4, 0.5) is 0 Å². The van der Waals surface area contributed by atoms with Gasteiger partial charge in [0, 0.05) is 29.2 Å². The van der Waals surface area contributed by atoms with Gasteiger partial charge >= 0.3 is 0 Å². The first kappa shape index (κ1) is 15.9. The van der Waals surface area contributed by atoms with Crippen molar-refractivity contribution in [1.82, 2.24) is 4.57 Å². The van der Waals surface area contributed by atoms with Crippen molar-refractivity contribution in [1.29, 1.82) is 0 Å². The lowest BCUT2D eigenvalue weighted by molar-refractivity contribution is 0.842. The number of hydrogen-bond acceptors (Lipinski definition) is 2. The second kappa shape index (κ2) is 6.72. The quantitative estimate of drug-likeness (QED) is 0.339. The van der Waals surface area contributed by atoms with Crippen LogP contribution in [0.5, 0.6) is 0 Å². The number of nitrogens with two attached hydrogens (primary N) is 2. The molecule has 0 radical (unpaired) electrons. The Balaban J connectivity index is 1.79. The van der Waals surface area contributed by atoms with E-state index in [0.29, 0.717) is 0 Å². The molecule has 1 heterocycles. The van der Waals surface area contributed by atoms with Crippen molar-refractivity contribution in [3.8, 4) is 0 Å². The van der Waals surface area contributed by atoms with Crippen molar-refractivity contribution < 1.29 is 0 Å². The molecular weight excluding hydrogens is 322 g/mol. The van der Waals surface area contributed by atoms with Crippen molar-refractivity contribution in [2.24, 2.45) is 21.7 Å². The number of rotatable bonds is 4. The molecule has 0 spiro atoms. The van der Waals surface area contributed by atoms with E-state index in [1.54, 1.807) is 6.21 Å². The summed E-state index contributed by atoms with van der Waals surface area (Å²) < 4.78 is 2.23. The van der Waals surface area contributed by atoms with Crippen molar-refractivity contribution in [3.63, 3.8) is 0 Å². The van der Waals surface area contributed by atoms with Crippen molar-refractivity contribution in [2.75, 3.05) is 0 Å². The minimum Gasteiger partial charge on any atom is -0.369 e. The van der Waals surface area contributed by atoms with E-state index in [1.165, 1.54) is 16.3 Å². The first-order chi connectivity index (χ1) is 12.7. The predicted octanol–water partition coefficient (Wildman–Crippen LogP) is 3.45. The molecule has 0 aliphatic heterocycles. The molecule has 0 aliphatic carbocycles. The van der Waals surface area contributed by atoms with Crippen LogP contribution in [0, 0.1) is 0 Å². The Morgan fingerprint density at radius 2 is 1.62 bits per heavy atom. The van der Waals surface area contributed by atoms with Gasteiger partial charge in [-0.25, -0.2) is 0 Å². The van der Waals surface area contributed by atoms with Gasteiger partial charge in [0.25, 0.3) is 0 Å². The first-order valence-electron chi connectivity index (χ1n) is 8.39. The maximum Gasteiger partial charge on any atom is 0.211 e. The van der Waals surface area contributed by atoms with E-state index in [9.17, 15) is 0 Å². The smallest absolute Gasteiger partial charge is 0.211 e. The number of fused-ring (bicyclic) bond motifs is 2. The molecule has 0 saturated heterocycles. The molecular formula is C21H19N5. The number of guanidine groups is 1. The molecule has 0 bridgehead atoms. The van der Waals surface area contributed by atoms with E-state index in [4.69, 9.17) is 11.5 Å². The summed E-state index contributed by atoms with van der Waals surface area (Å²) in [6, 6.07) is 23.1. The van der Waals surface area contributed by atoms with E-state index in [0.717, 1.165) is 23.0 Å². The van der Waals surface area contributed by atoms with Crippen molar-refractivity contribution >= 4 is 33.8 Å². The lowest BCUT2D eigenvalue weighted by atomic mass is 10.0. The Labute approximate surface area is 151 Å². The van der Waals surface area contributed by atoms with Crippen LogP contribution in [0.25, 0.3) is 21.7 Å². The number of aromatic nitrogens is 1. The van der Waals surface area contributed by atoms with Crippen molar-refractivity contribution in [3.05, 3.63) is 84.1 Å². The Hall–Kier alpha value is -3.60. The molecule has 128 valence electrons. The summed E-state index contributed by atoms with van der Waals surface area (Å²) in [7, 11) is 0. The van der Waals surface area contributed by atoms with Crippen LogP contribution in [0.3, 0.4) is 0 Å². The number of hydrogen-bond donors (Lipinski definition) is 2. The highest BCUT2D eigenvalue weighted by Crippen LogP contribution is 2.24. The van der Waals surface area contributed by atoms with Gasteiger partial charge in [-0.3, -0.25) is 0 Å². The molecule has 5 nitrogen and oxygen atoms in total. The van der Waals surface area contributed by atoms with Gasteiger partial charge in [-0.15, -0.1) is 5.10 Å². The van der Waals surface area contributed by atoms with Crippen LogP contribution in [0.15, 0.2) is 83.1 Å². The second-order valence-corrected chi connectivity index (χ2v) is 6.14. The van der Waals surface area contributed by atoms with Gasteiger partial charge in [0.2, 0.25) is 5.96 Å². The Morgan fingerprint density at radius 1 is 0.885 bits per heavy atom. The summed E-state index contributed by atoms with van der Waals surface area (Å²) in [4.78, 5) is 0. The average molecular weight is 341 g/mol. The van der Waals surface area contributed by atoms with E-state index in [2.05, 4.69) is 75.6 Å². The van der Waals surface area contributed by atoms with E-state index in [-0.39, 0.29) is 5.96 Å². The Morgan fingerprint density at radius 3 is 2.46 bits per heavy atom. The van der Waals surface area contributed by atoms with Crippen LogP contribution < -0.4 is 11.5 Å². The summed E-state index contributed by atoms with van der Waals surface area (Å²) in [5.74, 6) is -0.0549. The molecule has 0 aliphatic rings. The maximum absolute atomic E-state index is 5.34. The molecule has 1 aromatic heterocycles. The van der Waals surface area contributed by atoms with Crippen LogP contribution in [0.1, 0.15) is 11.1 Å². The highest BCUT2D eigenvalue weighted by Gasteiger charge is 2.08. The molecule has 4 N–H and O–H groups in total. The standard InChI is InChI=1S/C21H19N5/c22-21(23)25-24-12-17-14-26(20-11-4-3-10-19(17)20)13-16-8-5-7-15-6-1-2-9-18(15)16/h1-12,14H,13H2,(H4,22,23,25)/b24-12+. The number of nitrogens with zero attached hydrogens (tertiary/aromatic N) is 3. The van der Waals surface area contributed by atoms with Gasteiger partial charge in [0.05, 0.1) is 6.21 Å². The summed E-state index contributed by atoms with van der Waals surface area (Å²) in [6.45, 7) is 0.776. The highest BCUT2D eigenvalue weighted by atomic mass is 15.3. The zero-order valence-corrected chi connectivity index (χ0v) is 14.2. The van der Waals surface area contributed by atoms with Crippen LogP contribution in [0.2, 0.25) is 0 Å². The van der Waals surface area contributed by atoms with Gasteiger partial charge in [-0.1, -0.05) is 60.7 Å². The minimum absolute atomic E-state index is 0.0549. The fourth-order valence-electron chi connectivity index (χ4n) is 3.28. The molecule has 0 saturated carbocycles. The highest BCUT2D eigenvalue weighted by molar-refractivity contribution is 5.99. The maximum atomic E-state index is 5.34. The summed E-state index contributed by atoms with van der Waals surface area (Å²) in [5.41, 5.74) is 14.1. The van der Waals surface area contributed by atoms with Crippen molar-refractivity contribution in [2.45, 2.75) is 6.54 Å². The summed E-state index contributed by atoms with van der Waals surface area (Å²) in [5, 5.41) is 11.3. The molecule has 0 unspecified atom stereocenters. The van der Waals surface area contributed by atoms with Crippen LogP contribution in [-0.4, -0.2) is 16.7 Å². The normalized spacial score (nSPS) is 11.4. The van der Waals surface area contributed by atoms with Gasteiger partial charge < -0.3 is 16.0 Å². The largest absolute Gasteiger partial charge is 0.369 e. The van der Waals surface area contributed by atoms with Crippen LogP contribution in [-0.2, 0) is 6.54 Å². The van der Waals surface area contributed by atoms with Gasteiger partial charge in [-0.2, -0.15) is 5.10 Å². The lowest BCUT2D eigenvalue weighted by Gasteiger charge is -2.09. The zero-order valence-electron chi connectivity index (χ0n) is 14.2. The summed E-state index contributed by atoms with van der Waals surface area (Å²) in [6.07, 6.45) is 3.76. The first-order valence-corrected chi connectivity index (χ1v) is 8.39. The SMILES string of the molecule is NC(N)=N/N=C/c1cn(Cc2cccc3ccccc23)c2ccccc12. The second-order valence-electron chi connectivity index (χ2n) is 6.14. The molecule has 3 aromatic carbocycles.